The molecule has 0 rings (SSSR count). The lowest BCUT2D eigenvalue weighted by Gasteiger charge is -2.33. The van der Waals surface area contributed by atoms with Crippen molar-refractivity contribution in [1.82, 2.24) is 16.0 Å². The molecular weight excluding hydrogens is 566 g/mol. The molecule has 0 saturated carbocycles. The first-order chi connectivity index (χ1) is 20.2. The van der Waals surface area contributed by atoms with Gasteiger partial charge in [-0.3, -0.25) is 14.4 Å². The van der Waals surface area contributed by atoms with Gasteiger partial charge in [-0.05, 0) is 98.8 Å². The van der Waals surface area contributed by atoms with Gasteiger partial charge in [-0.2, -0.15) is 0 Å². The summed E-state index contributed by atoms with van der Waals surface area (Å²) in [6.45, 7) is 32.9. The molecule has 0 aliphatic carbocycles. The lowest BCUT2D eigenvalue weighted by Crippen LogP contribution is -2.51. The van der Waals surface area contributed by atoms with E-state index in [1.54, 1.807) is 0 Å². The van der Waals surface area contributed by atoms with Gasteiger partial charge in [0.1, 0.15) is 0 Å². The third-order valence-electron chi connectivity index (χ3n) is 8.33. The van der Waals surface area contributed by atoms with Crippen LogP contribution in [0.2, 0.25) is 0 Å². The number of amides is 2. The van der Waals surface area contributed by atoms with Gasteiger partial charge in [-0.1, -0.05) is 55.4 Å². The molecule has 45 heavy (non-hydrogen) atoms. The zero-order valence-electron chi connectivity index (χ0n) is 32.1. The summed E-state index contributed by atoms with van der Waals surface area (Å²) in [5, 5.41) is 9.57. The van der Waals surface area contributed by atoms with Gasteiger partial charge in [0.2, 0.25) is 11.8 Å². The molecule has 0 saturated heterocycles. The van der Waals surface area contributed by atoms with Gasteiger partial charge in [0.25, 0.3) is 0 Å². The second-order valence-corrected chi connectivity index (χ2v) is 17.7. The van der Waals surface area contributed by atoms with E-state index in [1.807, 2.05) is 55.4 Å². The Morgan fingerprint density at radius 2 is 1.22 bits per heavy atom. The molecule has 0 spiro atoms. The van der Waals surface area contributed by atoms with Crippen molar-refractivity contribution in [3.05, 3.63) is 0 Å². The highest BCUT2D eigenvalue weighted by atomic mass is 16.5. The molecule has 266 valence electrons. The summed E-state index contributed by atoms with van der Waals surface area (Å²) in [4.78, 5) is 38.3. The molecule has 1 atom stereocenters. The Morgan fingerprint density at radius 3 is 1.76 bits per heavy atom. The molecule has 0 aromatic rings. The zero-order chi connectivity index (χ0) is 35.3. The fourth-order valence-electron chi connectivity index (χ4n) is 5.50. The molecular formula is C37H73N3O5. The molecule has 8 heteroatoms. The smallest absolute Gasteiger partial charge is 0.225 e. The van der Waals surface area contributed by atoms with Crippen LogP contribution in [0.15, 0.2) is 0 Å². The molecule has 0 radical (unpaired) electrons. The normalized spacial score (nSPS) is 14.3. The Kier molecular flexibility index (Phi) is 17.5. The van der Waals surface area contributed by atoms with E-state index >= 15 is 0 Å². The molecule has 2 amide bonds. The Bertz CT molecular complexity index is 910. The third kappa shape index (κ3) is 20.4. The van der Waals surface area contributed by atoms with Gasteiger partial charge in [-0.25, -0.2) is 0 Å². The van der Waals surface area contributed by atoms with Crippen molar-refractivity contribution in [3.63, 3.8) is 0 Å². The second-order valence-electron chi connectivity index (χ2n) is 17.7. The van der Waals surface area contributed by atoms with E-state index in [-0.39, 0.29) is 40.0 Å². The summed E-state index contributed by atoms with van der Waals surface area (Å²) in [7, 11) is 0. The number of Topliss-reactive ketones (excluding diaryl/α,β-unsaturated/α-hetero) is 1. The number of hydrogen-bond donors (Lipinski definition) is 3. The van der Waals surface area contributed by atoms with Crippen LogP contribution in [0.4, 0.5) is 0 Å². The molecule has 0 unspecified atom stereocenters. The van der Waals surface area contributed by atoms with Gasteiger partial charge >= 0.3 is 0 Å². The van der Waals surface area contributed by atoms with Gasteiger partial charge in [-0.15, -0.1) is 0 Å². The highest BCUT2D eigenvalue weighted by molar-refractivity contribution is 5.89. The van der Waals surface area contributed by atoms with Crippen LogP contribution in [0.3, 0.4) is 0 Å². The average molecular weight is 640 g/mol. The van der Waals surface area contributed by atoms with E-state index in [9.17, 15) is 14.4 Å². The van der Waals surface area contributed by atoms with E-state index in [2.05, 4.69) is 64.4 Å². The SMILES string of the molecule is CCC(C)(C)C(=O)[C@H](CCCCNC(=O)CCC(C)(C)OCCC(C)(C)OCCNC(=O)C(C)(C)CC(C)(C)C)NC(C)(C)C. The largest absolute Gasteiger partial charge is 0.375 e. The number of rotatable bonds is 22. The Balaban J connectivity index is 4.40. The molecule has 0 aliphatic rings. The van der Waals surface area contributed by atoms with E-state index in [0.717, 1.165) is 32.1 Å². The first-order valence-electron chi connectivity index (χ1n) is 17.4. The van der Waals surface area contributed by atoms with E-state index in [0.29, 0.717) is 45.6 Å². The number of carbonyl (C=O) groups is 3. The molecule has 3 N–H and O–H groups in total. The van der Waals surface area contributed by atoms with Crippen LogP contribution in [0, 0.1) is 16.2 Å². The number of carbonyl (C=O) groups excluding carboxylic acids is 3. The predicted molar refractivity (Wildman–Crippen MR) is 187 cm³/mol. The summed E-state index contributed by atoms with van der Waals surface area (Å²) in [5.74, 6) is 0.342. The van der Waals surface area contributed by atoms with Crippen LogP contribution >= 0.6 is 0 Å². The minimum atomic E-state index is -0.432. The van der Waals surface area contributed by atoms with Crippen molar-refractivity contribution in [1.29, 1.82) is 0 Å². The quantitative estimate of drug-likeness (QED) is 0.107. The summed E-state index contributed by atoms with van der Waals surface area (Å²) >= 11 is 0. The predicted octanol–water partition coefficient (Wildman–Crippen LogP) is 7.37. The monoisotopic (exact) mass is 640 g/mol. The molecule has 0 heterocycles. The maximum Gasteiger partial charge on any atom is 0.225 e. The van der Waals surface area contributed by atoms with Crippen molar-refractivity contribution in [2.24, 2.45) is 16.2 Å². The summed E-state index contributed by atoms with van der Waals surface area (Å²) in [5.41, 5.74) is -1.66. The Hall–Kier alpha value is -1.51. The highest BCUT2D eigenvalue weighted by Crippen LogP contribution is 2.33. The average Bonchev–Trinajstić information content (AvgIpc) is 2.86. The van der Waals surface area contributed by atoms with Crippen LogP contribution < -0.4 is 16.0 Å². The summed E-state index contributed by atoms with van der Waals surface area (Å²) < 4.78 is 12.2. The molecule has 0 aromatic carbocycles. The number of unbranched alkanes of at least 4 members (excludes halogenated alkanes) is 1. The van der Waals surface area contributed by atoms with Crippen molar-refractivity contribution >= 4 is 17.6 Å². The molecule has 0 aliphatic heterocycles. The molecule has 0 fully saturated rings. The summed E-state index contributed by atoms with van der Waals surface area (Å²) in [6.07, 6.45) is 5.81. The lowest BCUT2D eigenvalue weighted by molar-refractivity contribution is -0.131. The van der Waals surface area contributed by atoms with E-state index < -0.39 is 16.6 Å². The molecule has 8 nitrogen and oxygen atoms in total. The fourth-order valence-corrected chi connectivity index (χ4v) is 5.50. The second kappa shape index (κ2) is 18.1. The van der Waals surface area contributed by atoms with Crippen LogP contribution in [0.1, 0.15) is 155 Å². The van der Waals surface area contributed by atoms with Crippen LogP contribution in [-0.4, -0.2) is 66.7 Å². The minimum absolute atomic E-state index is 0.0237. The van der Waals surface area contributed by atoms with Crippen molar-refractivity contribution in [3.8, 4) is 0 Å². The minimum Gasteiger partial charge on any atom is -0.375 e. The van der Waals surface area contributed by atoms with Crippen molar-refractivity contribution < 1.29 is 23.9 Å². The molecule has 0 aromatic heterocycles. The van der Waals surface area contributed by atoms with Crippen LogP contribution in [-0.2, 0) is 23.9 Å². The standard InChI is InChI=1S/C37H73N3O5/c1-16-34(8,9)30(42)28(40-33(5,6)7)19-17-18-23-38-29(41)20-21-36(12,13)44-25-22-37(14,15)45-26-24-39-31(43)35(10,11)27-32(2,3)4/h28,40H,16-27H2,1-15H3,(H,38,41)(H,39,43)/t28-/m0/s1. The molecule has 0 bridgehead atoms. The number of nitrogens with one attached hydrogen (secondary N) is 3. The first-order valence-corrected chi connectivity index (χ1v) is 17.4. The Labute approximate surface area is 277 Å². The maximum atomic E-state index is 13.1. The summed E-state index contributed by atoms with van der Waals surface area (Å²) in [6, 6.07) is -0.180. The topological polar surface area (TPSA) is 106 Å². The maximum absolute atomic E-state index is 13.1. The van der Waals surface area contributed by atoms with Gasteiger partial charge in [0.05, 0.1) is 30.5 Å². The first kappa shape index (κ1) is 43.5. The highest BCUT2D eigenvalue weighted by Gasteiger charge is 2.34. The van der Waals surface area contributed by atoms with Crippen molar-refractivity contribution in [2.45, 2.75) is 178 Å². The zero-order valence-corrected chi connectivity index (χ0v) is 32.1. The van der Waals surface area contributed by atoms with E-state index in [4.69, 9.17) is 9.47 Å². The van der Waals surface area contributed by atoms with Crippen LogP contribution in [0.25, 0.3) is 0 Å². The third-order valence-corrected chi connectivity index (χ3v) is 8.33. The Morgan fingerprint density at radius 1 is 0.667 bits per heavy atom. The lowest BCUT2D eigenvalue weighted by atomic mass is 9.76. The number of hydrogen-bond acceptors (Lipinski definition) is 6. The number of ketones is 1. The van der Waals surface area contributed by atoms with Gasteiger partial charge in [0, 0.05) is 35.9 Å². The van der Waals surface area contributed by atoms with Gasteiger partial charge < -0.3 is 25.4 Å². The van der Waals surface area contributed by atoms with Gasteiger partial charge in [0.15, 0.2) is 5.78 Å². The van der Waals surface area contributed by atoms with E-state index in [1.165, 1.54) is 0 Å². The fraction of sp³-hybridized carbons (Fsp3) is 0.919. The van der Waals surface area contributed by atoms with Crippen molar-refractivity contribution in [2.75, 3.05) is 26.3 Å². The number of ether oxygens (including phenoxy) is 2. The van der Waals surface area contributed by atoms with Crippen LogP contribution in [0.5, 0.6) is 0 Å².